The van der Waals surface area contributed by atoms with E-state index in [1.807, 2.05) is 25.1 Å². The molecule has 0 radical (unpaired) electrons. The smallest absolute Gasteiger partial charge is 0.187 e. The van der Waals surface area contributed by atoms with Gasteiger partial charge in [0.2, 0.25) is 0 Å². The molecule has 74 valence electrons. The average Bonchev–Trinajstić information content (AvgIpc) is 2.84. The molecule has 0 bridgehead atoms. The second-order valence-electron chi connectivity index (χ2n) is 3.28. The summed E-state index contributed by atoms with van der Waals surface area (Å²) in [5, 5.41) is 8.16. The Morgan fingerprint density at radius 2 is 2.27 bits per heavy atom. The highest BCUT2D eigenvalue weighted by Gasteiger charge is 2.06. The lowest BCUT2D eigenvalue weighted by Gasteiger charge is -1.95. The van der Waals surface area contributed by atoms with E-state index in [0.29, 0.717) is 5.76 Å². The summed E-state index contributed by atoms with van der Waals surface area (Å²) in [4.78, 5) is 4.11. The van der Waals surface area contributed by atoms with Crippen LogP contribution >= 0.6 is 0 Å². The molecule has 0 spiro atoms. The highest BCUT2D eigenvalue weighted by Crippen LogP contribution is 2.17. The molecule has 0 aliphatic rings. The first-order chi connectivity index (χ1) is 7.33. The molecule has 5 heteroatoms. The number of aromatic nitrogens is 4. The molecule has 3 aromatic rings. The van der Waals surface area contributed by atoms with Gasteiger partial charge in [0, 0.05) is 18.5 Å². The van der Waals surface area contributed by atoms with Gasteiger partial charge in [0.05, 0.1) is 5.69 Å². The molecule has 0 N–H and O–H groups in total. The predicted octanol–water partition coefficient (Wildman–Crippen LogP) is 1.69. The number of imidazole rings is 1. The Morgan fingerprint density at radius 3 is 3.07 bits per heavy atom. The lowest BCUT2D eigenvalue weighted by atomic mass is 10.3. The average molecular weight is 200 g/mol. The number of hydrogen-bond donors (Lipinski definition) is 0. The molecule has 0 amide bonds. The molecule has 3 rings (SSSR count). The van der Waals surface area contributed by atoms with Gasteiger partial charge in [-0.05, 0) is 19.1 Å². The third-order valence-corrected chi connectivity index (χ3v) is 2.14. The van der Waals surface area contributed by atoms with Crippen molar-refractivity contribution in [3.63, 3.8) is 0 Å². The molecular formula is C10H8N4O. The Labute approximate surface area is 85.3 Å². The summed E-state index contributed by atoms with van der Waals surface area (Å²) < 4.78 is 6.83. The number of aryl methyl sites for hydroxylation is 1. The zero-order chi connectivity index (χ0) is 10.3. The van der Waals surface area contributed by atoms with Gasteiger partial charge in [-0.1, -0.05) is 5.16 Å². The van der Waals surface area contributed by atoms with Crippen LogP contribution in [0.5, 0.6) is 0 Å². The van der Waals surface area contributed by atoms with Gasteiger partial charge in [0.25, 0.3) is 0 Å². The van der Waals surface area contributed by atoms with E-state index in [4.69, 9.17) is 4.52 Å². The summed E-state index contributed by atoms with van der Waals surface area (Å²) >= 11 is 0. The third-order valence-electron chi connectivity index (χ3n) is 2.14. The van der Waals surface area contributed by atoms with Crippen LogP contribution in [-0.4, -0.2) is 19.8 Å². The highest BCUT2D eigenvalue weighted by molar-refractivity contribution is 5.54. The molecule has 0 aliphatic heterocycles. The van der Waals surface area contributed by atoms with Crippen molar-refractivity contribution >= 4 is 5.65 Å². The van der Waals surface area contributed by atoms with Gasteiger partial charge in [-0.3, -0.25) is 0 Å². The fourth-order valence-electron chi connectivity index (χ4n) is 1.43. The maximum atomic E-state index is 5.13. The SMILES string of the molecule is Cc1cc(-c2ccc3nccn3n2)on1. The quantitative estimate of drug-likeness (QED) is 0.599. The molecule has 5 nitrogen and oxygen atoms in total. The maximum Gasteiger partial charge on any atom is 0.187 e. The fraction of sp³-hybridized carbons (Fsp3) is 0.100. The monoisotopic (exact) mass is 200 g/mol. The summed E-state index contributed by atoms with van der Waals surface area (Å²) in [5.41, 5.74) is 2.41. The number of rotatable bonds is 1. The minimum absolute atomic E-state index is 0.670. The topological polar surface area (TPSA) is 56.2 Å². The first-order valence-electron chi connectivity index (χ1n) is 4.57. The minimum atomic E-state index is 0.670. The second kappa shape index (κ2) is 2.91. The van der Waals surface area contributed by atoms with Crippen LogP contribution in [0.25, 0.3) is 17.1 Å². The van der Waals surface area contributed by atoms with E-state index in [2.05, 4.69) is 15.2 Å². The van der Waals surface area contributed by atoms with Crippen molar-refractivity contribution in [2.75, 3.05) is 0 Å². The Bertz CT molecular complexity index is 610. The van der Waals surface area contributed by atoms with Crippen LogP contribution in [0.4, 0.5) is 0 Å². The number of fused-ring (bicyclic) bond motifs is 1. The van der Waals surface area contributed by atoms with Crippen LogP contribution in [0.2, 0.25) is 0 Å². The molecule has 0 unspecified atom stereocenters. The van der Waals surface area contributed by atoms with Gasteiger partial charge >= 0.3 is 0 Å². The van der Waals surface area contributed by atoms with Gasteiger partial charge in [0.1, 0.15) is 5.69 Å². The third kappa shape index (κ3) is 1.28. The number of hydrogen-bond acceptors (Lipinski definition) is 4. The Morgan fingerprint density at radius 1 is 1.33 bits per heavy atom. The minimum Gasteiger partial charge on any atom is -0.354 e. The van der Waals surface area contributed by atoms with E-state index in [-0.39, 0.29) is 0 Å². The van der Waals surface area contributed by atoms with E-state index in [9.17, 15) is 0 Å². The predicted molar refractivity (Wildman–Crippen MR) is 53.2 cm³/mol. The first-order valence-corrected chi connectivity index (χ1v) is 4.57. The maximum absolute atomic E-state index is 5.13. The summed E-state index contributed by atoms with van der Waals surface area (Å²) in [6, 6.07) is 5.60. The Balaban J connectivity index is 2.18. The van der Waals surface area contributed by atoms with Gasteiger partial charge in [-0.2, -0.15) is 5.10 Å². The van der Waals surface area contributed by atoms with Crippen molar-refractivity contribution in [3.05, 3.63) is 36.3 Å². The second-order valence-corrected chi connectivity index (χ2v) is 3.28. The van der Waals surface area contributed by atoms with Gasteiger partial charge in [0.15, 0.2) is 11.4 Å². The van der Waals surface area contributed by atoms with E-state index >= 15 is 0 Å². The van der Waals surface area contributed by atoms with Crippen molar-refractivity contribution < 1.29 is 4.52 Å². The van der Waals surface area contributed by atoms with Crippen molar-refractivity contribution in [2.24, 2.45) is 0 Å². The van der Waals surface area contributed by atoms with Crippen molar-refractivity contribution in [1.82, 2.24) is 19.8 Å². The zero-order valence-corrected chi connectivity index (χ0v) is 8.08. The highest BCUT2D eigenvalue weighted by atomic mass is 16.5. The van der Waals surface area contributed by atoms with E-state index in [1.54, 1.807) is 16.9 Å². The molecule has 15 heavy (non-hydrogen) atoms. The summed E-state index contributed by atoms with van der Waals surface area (Å²) in [6.45, 7) is 1.88. The molecule has 3 heterocycles. The van der Waals surface area contributed by atoms with Crippen LogP contribution < -0.4 is 0 Å². The molecule has 0 atom stereocenters. The molecule has 0 aromatic carbocycles. The Kier molecular flexibility index (Phi) is 1.58. The molecule has 0 saturated heterocycles. The van der Waals surface area contributed by atoms with E-state index in [1.165, 1.54) is 0 Å². The van der Waals surface area contributed by atoms with Crippen molar-refractivity contribution in [3.8, 4) is 11.5 Å². The molecule has 0 saturated carbocycles. The first kappa shape index (κ1) is 8.16. The van der Waals surface area contributed by atoms with Crippen LogP contribution in [0.3, 0.4) is 0 Å². The van der Waals surface area contributed by atoms with Crippen LogP contribution in [0.15, 0.2) is 35.1 Å². The van der Waals surface area contributed by atoms with Gasteiger partial charge in [-0.15, -0.1) is 0 Å². The lowest BCUT2D eigenvalue weighted by molar-refractivity contribution is 0.425. The van der Waals surface area contributed by atoms with Crippen LogP contribution in [0, 0.1) is 6.92 Å². The van der Waals surface area contributed by atoms with Crippen LogP contribution in [-0.2, 0) is 0 Å². The lowest BCUT2D eigenvalue weighted by Crippen LogP contribution is -1.91. The fourth-order valence-corrected chi connectivity index (χ4v) is 1.43. The zero-order valence-electron chi connectivity index (χ0n) is 8.08. The van der Waals surface area contributed by atoms with Crippen molar-refractivity contribution in [2.45, 2.75) is 6.92 Å². The number of nitrogens with zero attached hydrogens (tertiary/aromatic N) is 4. The Hall–Kier alpha value is -2.17. The van der Waals surface area contributed by atoms with Crippen molar-refractivity contribution in [1.29, 1.82) is 0 Å². The normalized spacial score (nSPS) is 11.0. The summed E-state index contributed by atoms with van der Waals surface area (Å²) in [6.07, 6.45) is 3.50. The largest absolute Gasteiger partial charge is 0.354 e. The molecule has 0 aliphatic carbocycles. The summed E-state index contributed by atoms with van der Waals surface area (Å²) in [5.74, 6) is 0.670. The standard InChI is InChI=1S/C10H8N4O/c1-7-6-9(15-13-7)8-2-3-10-11-4-5-14(10)12-8/h2-6H,1H3. The van der Waals surface area contributed by atoms with Gasteiger partial charge < -0.3 is 4.52 Å². The van der Waals surface area contributed by atoms with Crippen LogP contribution in [0.1, 0.15) is 5.69 Å². The molecule has 3 aromatic heterocycles. The summed E-state index contributed by atoms with van der Waals surface area (Å²) in [7, 11) is 0. The van der Waals surface area contributed by atoms with E-state index in [0.717, 1.165) is 17.0 Å². The van der Waals surface area contributed by atoms with Gasteiger partial charge in [-0.25, -0.2) is 9.50 Å². The van der Waals surface area contributed by atoms with E-state index < -0.39 is 0 Å². The molecule has 0 fully saturated rings. The molecular weight excluding hydrogens is 192 g/mol.